The van der Waals surface area contributed by atoms with E-state index in [1.165, 1.54) is 18.2 Å². The van der Waals surface area contributed by atoms with Gasteiger partial charge in [0.05, 0.1) is 4.47 Å². The van der Waals surface area contributed by atoms with Crippen LogP contribution in [0.15, 0.2) is 40.9 Å². The van der Waals surface area contributed by atoms with E-state index in [2.05, 4.69) is 15.9 Å². The van der Waals surface area contributed by atoms with Gasteiger partial charge in [-0.3, -0.25) is 0 Å². The zero-order valence-electron chi connectivity index (χ0n) is 10.5. The quantitative estimate of drug-likeness (QED) is 0.892. The lowest BCUT2D eigenvalue weighted by atomic mass is 9.99. The summed E-state index contributed by atoms with van der Waals surface area (Å²) >= 11 is 3.16. The first-order valence-electron chi connectivity index (χ1n) is 6.10. The molecule has 0 aliphatic rings. The summed E-state index contributed by atoms with van der Waals surface area (Å²) in [6.45, 7) is 0. The molecule has 1 atom stereocenters. The Balaban J connectivity index is 2.11. The second-order valence-corrected chi connectivity index (χ2v) is 5.39. The van der Waals surface area contributed by atoms with E-state index in [9.17, 15) is 13.2 Å². The molecule has 0 aromatic heterocycles. The van der Waals surface area contributed by atoms with E-state index in [1.807, 2.05) is 0 Å². The van der Waals surface area contributed by atoms with Gasteiger partial charge in [0.25, 0.3) is 0 Å². The molecule has 106 valence electrons. The third-order valence-corrected chi connectivity index (χ3v) is 3.92. The van der Waals surface area contributed by atoms with Crippen LogP contribution in [0.3, 0.4) is 0 Å². The predicted molar refractivity (Wildman–Crippen MR) is 75.8 cm³/mol. The summed E-state index contributed by atoms with van der Waals surface area (Å²) < 4.78 is 40.4. The molecule has 20 heavy (non-hydrogen) atoms. The van der Waals surface area contributed by atoms with Gasteiger partial charge in [0.15, 0.2) is 11.6 Å². The van der Waals surface area contributed by atoms with Gasteiger partial charge in [0.1, 0.15) is 5.82 Å². The SMILES string of the molecule is NC(Cc1cccc(F)c1F)Cc1cccc(F)c1Br. The van der Waals surface area contributed by atoms with Crippen LogP contribution in [0.2, 0.25) is 0 Å². The van der Waals surface area contributed by atoms with Crippen LogP contribution in [-0.2, 0) is 12.8 Å². The lowest BCUT2D eigenvalue weighted by molar-refractivity contribution is 0.492. The molecule has 0 amide bonds. The lowest BCUT2D eigenvalue weighted by Crippen LogP contribution is -2.26. The molecule has 0 saturated carbocycles. The van der Waals surface area contributed by atoms with Crippen LogP contribution in [0.5, 0.6) is 0 Å². The van der Waals surface area contributed by atoms with Crippen LogP contribution in [-0.4, -0.2) is 6.04 Å². The first kappa shape index (κ1) is 15.1. The standard InChI is InChI=1S/C15H13BrF3N/c16-14-9(3-1-5-12(14)17)7-11(20)8-10-4-2-6-13(18)15(10)19/h1-6,11H,7-8,20H2. The maximum Gasteiger partial charge on any atom is 0.162 e. The second kappa shape index (κ2) is 6.41. The molecule has 2 rings (SSSR count). The normalized spacial score (nSPS) is 12.4. The van der Waals surface area contributed by atoms with Gasteiger partial charge in [-0.15, -0.1) is 0 Å². The summed E-state index contributed by atoms with van der Waals surface area (Å²) in [5.74, 6) is -2.13. The number of halogens is 4. The highest BCUT2D eigenvalue weighted by atomic mass is 79.9. The Morgan fingerprint density at radius 3 is 2.15 bits per heavy atom. The Labute approximate surface area is 123 Å². The van der Waals surface area contributed by atoms with Crippen molar-refractivity contribution in [1.82, 2.24) is 0 Å². The molecule has 0 spiro atoms. The van der Waals surface area contributed by atoms with Crippen LogP contribution < -0.4 is 5.73 Å². The molecule has 0 fully saturated rings. The van der Waals surface area contributed by atoms with Crippen molar-refractivity contribution in [3.05, 3.63) is 69.4 Å². The highest BCUT2D eigenvalue weighted by Crippen LogP contribution is 2.22. The van der Waals surface area contributed by atoms with E-state index in [0.717, 1.165) is 6.07 Å². The fourth-order valence-electron chi connectivity index (χ4n) is 2.05. The molecule has 0 aliphatic carbocycles. The molecule has 5 heteroatoms. The molecule has 0 radical (unpaired) electrons. The van der Waals surface area contributed by atoms with E-state index in [-0.39, 0.29) is 17.8 Å². The molecule has 1 unspecified atom stereocenters. The number of rotatable bonds is 4. The maximum atomic E-state index is 13.5. The fraction of sp³-hybridized carbons (Fsp3) is 0.200. The van der Waals surface area contributed by atoms with Crippen LogP contribution in [0.4, 0.5) is 13.2 Å². The monoisotopic (exact) mass is 343 g/mol. The van der Waals surface area contributed by atoms with E-state index < -0.39 is 17.7 Å². The Morgan fingerprint density at radius 2 is 1.45 bits per heavy atom. The van der Waals surface area contributed by atoms with Gasteiger partial charge in [-0.05, 0) is 52.0 Å². The minimum absolute atomic E-state index is 0.187. The molecule has 0 bridgehead atoms. The van der Waals surface area contributed by atoms with Crippen molar-refractivity contribution in [2.24, 2.45) is 5.73 Å². The number of hydrogen-bond acceptors (Lipinski definition) is 1. The fourth-order valence-corrected chi connectivity index (χ4v) is 2.48. The third kappa shape index (κ3) is 3.41. The summed E-state index contributed by atoms with van der Waals surface area (Å²) in [6, 6.07) is 8.25. The zero-order chi connectivity index (χ0) is 14.7. The molecule has 0 aliphatic heterocycles. The summed E-state index contributed by atoms with van der Waals surface area (Å²) in [5.41, 5.74) is 6.87. The number of benzene rings is 2. The number of nitrogens with two attached hydrogens (primary N) is 1. The summed E-state index contributed by atoms with van der Waals surface area (Å²) in [7, 11) is 0. The van der Waals surface area contributed by atoms with Crippen LogP contribution in [0.1, 0.15) is 11.1 Å². The van der Waals surface area contributed by atoms with Gasteiger partial charge < -0.3 is 5.73 Å². The summed E-state index contributed by atoms with van der Waals surface area (Å²) in [4.78, 5) is 0. The minimum Gasteiger partial charge on any atom is -0.327 e. The third-order valence-electron chi connectivity index (χ3n) is 3.03. The van der Waals surface area contributed by atoms with Crippen molar-refractivity contribution in [3.8, 4) is 0 Å². The van der Waals surface area contributed by atoms with Crippen LogP contribution in [0, 0.1) is 17.5 Å². The van der Waals surface area contributed by atoms with Crippen molar-refractivity contribution in [3.63, 3.8) is 0 Å². The van der Waals surface area contributed by atoms with Crippen molar-refractivity contribution in [2.75, 3.05) is 0 Å². The molecule has 2 N–H and O–H groups in total. The Bertz CT molecular complexity index is 563. The second-order valence-electron chi connectivity index (χ2n) is 4.59. The van der Waals surface area contributed by atoms with Gasteiger partial charge in [-0.2, -0.15) is 0 Å². The predicted octanol–water partition coefficient (Wildman–Crippen LogP) is 3.98. The first-order valence-corrected chi connectivity index (χ1v) is 6.89. The van der Waals surface area contributed by atoms with Crippen molar-refractivity contribution in [1.29, 1.82) is 0 Å². The van der Waals surface area contributed by atoms with E-state index in [0.29, 0.717) is 16.5 Å². The Morgan fingerprint density at radius 1 is 0.900 bits per heavy atom. The van der Waals surface area contributed by atoms with Crippen molar-refractivity contribution >= 4 is 15.9 Å². The Hall–Kier alpha value is -1.33. The molecule has 0 saturated heterocycles. The molecule has 2 aromatic rings. The van der Waals surface area contributed by atoms with Gasteiger partial charge in [-0.25, -0.2) is 13.2 Å². The van der Waals surface area contributed by atoms with Gasteiger partial charge in [0.2, 0.25) is 0 Å². The average molecular weight is 344 g/mol. The van der Waals surface area contributed by atoms with Crippen molar-refractivity contribution < 1.29 is 13.2 Å². The smallest absolute Gasteiger partial charge is 0.162 e. The number of hydrogen-bond donors (Lipinski definition) is 1. The minimum atomic E-state index is -0.887. The highest BCUT2D eigenvalue weighted by molar-refractivity contribution is 9.10. The lowest BCUT2D eigenvalue weighted by Gasteiger charge is -2.14. The van der Waals surface area contributed by atoms with Crippen molar-refractivity contribution in [2.45, 2.75) is 18.9 Å². The van der Waals surface area contributed by atoms with E-state index >= 15 is 0 Å². The zero-order valence-corrected chi connectivity index (χ0v) is 12.1. The van der Waals surface area contributed by atoms with Crippen LogP contribution in [0.25, 0.3) is 0 Å². The summed E-state index contributed by atoms with van der Waals surface area (Å²) in [6.07, 6.45) is 0.556. The molecule has 0 heterocycles. The molecular formula is C15H13BrF3N. The largest absolute Gasteiger partial charge is 0.327 e. The topological polar surface area (TPSA) is 26.0 Å². The van der Waals surface area contributed by atoms with Gasteiger partial charge in [0, 0.05) is 6.04 Å². The maximum absolute atomic E-state index is 13.5. The van der Waals surface area contributed by atoms with Gasteiger partial charge >= 0.3 is 0 Å². The summed E-state index contributed by atoms with van der Waals surface area (Å²) in [5, 5.41) is 0. The van der Waals surface area contributed by atoms with Crippen LogP contribution >= 0.6 is 15.9 Å². The molecule has 2 aromatic carbocycles. The highest BCUT2D eigenvalue weighted by Gasteiger charge is 2.14. The van der Waals surface area contributed by atoms with E-state index in [4.69, 9.17) is 5.73 Å². The Kier molecular flexibility index (Phi) is 4.83. The van der Waals surface area contributed by atoms with E-state index in [1.54, 1.807) is 12.1 Å². The average Bonchev–Trinajstić information content (AvgIpc) is 2.40. The molecular weight excluding hydrogens is 331 g/mol. The first-order chi connectivity index (χ1) is 9.49. The molecule has 1 nitrogen and oxygen atoms in total. The van der Waals surface area contributed by atoms with Gasteiger partial charge in [-0.1, -0.05) is 24.3 Å².